The zero-order chi connectivity index (χ0) is 13.1. The molecule has 0 unspecified atom stereocenters. The van der Waals surface area contributed by atoms with E-state index in [4.69, 9.17) is 21.4 Å². The predicted molar refractivity (Wildman–Crippen MR) is 71.5 cm³/mol. The highest BCUT2D eigenvalue weighted by Crippen LogP contribution is 2.34. The molecule has 0 fully saturated rings. The Kier molecular flexibility index (Phi) is 4.22. The summed E-state index contributed by atoms with van der Waals surface area (Å²) in [7, 11) is 0. The van der Waals surface area contributed by atoms with Crippen molar-refractivity contribution in [2.24, 2.45) is 0 Å². The van der Waals surface area contributed by atoms with Gasteiger partial charge in [-0.2, -0.15) is 0 Å². The number of aliphatic hydroxyl groups is 1. The third-order valence-corrected chi connectivity index (χ3v) is 3.15. The lowest BCUT2D eigenvalue weighted by Gasteiger charge is -2.11. The molecule has 0 aliphatic rings. The van der Waals surface area contributed by atoms with Crippen molar-refractivity contribution in [2.45, 2.75) is 6.61 Å². The molecule has 0 aliphatic carbocycles. The first-order chi connectivity index (χ1) is 8.61. The molecule has 0 saturated heterocycles. The van der Waals surface area contributed by atoms with E-state index >= 15 is 0 Å². The second-order valence-electron chi connectivity index (χ2n) is 3.55. The number of aliphatic hydroxyl groups excluding tert-OH is 1. The van der Waals surface area contributed by atoms with Crippen molar-refractivity contribution < 1.29 is 14.2 Å². The quantitative estimate of drug-likeness (QED) is 0.895. The van der Waals surface area contributed by atoms with Crippen molar-refractivity contribution in [3.63, 3.8) is 0 Å². The van der Waals surface area contributed by atoms with Crippen LogP contribution in [0, 0.1) is 5.82 Å². The van der Waals surface area contributed by atoms with Crippen LogP contribution in [-0.4, -0.2) is 5.11 Å². The topological polar surface area (TPSA) is 29.5 Å². The molecule has 0 bridgehead atoms. The van der Waals surface area contributed by atoms with Crippen LogP contribution in [0.2, 0.25) is 5.02 Å². The molecule has 2 aromatic rings. The number of rotatable bonds is 3. The first-order valence-corrected chi connectivity index (χ1v) is 6.30. The maximum absolute atomic E-state index is 13.5. The second-order valence-corrected chi connectivity index (χ2v) is 4.87. The minimum Gasteiger partial charge on any atom is -0.455 e. The SMILES string of the molecule is OCc1c(F)cccc1Oc1cc(Br)ccc1Cl. The van der Waals surface area contributed by atoms with Crippen LogP contribution < -0.4 is 4.74 Å². The van der Waals surface area contributed by atoms with E-state index in [0.717, 1.165) is 4.47 Å². The van der Waals surface area contributed by atoms with Gasteiger partial charge in [-0.05, 0) is 30.3 Å². The van der Waals surface area contributed by atoms with Crippen LogP contribution in [-0.2, 0) is 6.61 Å². The van der Waals surface area contributed by atoms with Crippen LogP contribution in [0.25, 0.3) is 0 Å². The maximum Gasteiger partial charge on any atom is 0.147 e. The fraction of sp³-hybridized carbons (Fsp3) is 0.0769. The molecule has 0 heterocycles. The molecule has 18 heavy (non-hydrogen) atoms. The number of hydrogen-bond donors (Lipinski definition) is 1. The van der Waals surface area contributed by atoms with E-state index in [9.17, 15) is 4.39 Å². The molecule has 0 spiro atoms. The molecule has 2 rings (SSSR count). The standard InChI is InChI=1S/C13H9BrClFO2/c14-8-4-5-10(15)13(6-8)18-12-3-1-2-11(16)9(12)7-17/h1-6,17H,7H2. The minimum atomic E-state index is -0.513. The molecule has 0 amide bonds. The highest BCUT2D eigenvalue weighted by molar-refractivity contribution is 9.10. The van der Waals surface area contributed by atoms with Crippen molar-refractivity contribution in [1.82, 2.24) is 0 Å². The lowest BCUT2D eigenvalue weighted by Crippen LogP contribution is -1.95. The van der Waals surface area contributed by atoms with Gasteiger partial charge in [0, 0.05) is 4.47 Å². The van der Waals surface area contributed by atoms with Gasteiger partial charge >= 0.3 is 0 Å². The Morgan fingerprint density at radius 3 is 2.72 bits per heavy atom. The molecule has 0 aliphatic heterocycles. The Bertz CT molecular complexity index is 575. The molecule has 5 heteroatoms. The van der Waals surface area contributed by atoms with Crippen LogP contribution in [0.4, 0.5) is 4.39 Å². The number of ether oxygens (including phenoxy) is 1. The van der Waals surface area contributed by atoms with Crippen LogP contribution in [0.3, 0.4) is 0 Å². The normalized spacial score (nSPS) is 10.4. The molecule has 0 radical (unpaired) electrons. The van der Waals surface area contributed by atoms with E-state index in [1.807, 2.05) is 0 Å². The van der Waals surface area contributed by atoms with Crippen molar-refractivity contribution in [3.8, 4) is 11.5 Å². The first kappa shape index (κ1) is 13.3. The lowest BCUT2D eigenvalue weighted by atomic mass is 10.2. The van der Waals surface area contributed by atoms with Gasteiger partial charge < -0.3 is 9.84 Å². The van der Waals surface area contributed by atoms with E-state index in [-0.39, 0.29) is 11.3 Å². The molecule has 94 valence electrons. The fourth-order valence-electron chi connectivity index (χ4n) is 1.46. The van der Waals surface area contributed by atoms with Crippen molar-refractivity contribution in [2.75, 3.05) is 0 Å². The van der Waals surface area contributed by atoms with Gasteiger partial charge in [0.15, 0.2) is 0 Å². The zero-order valence-corrected chi connectivity index (χ0v) is 11.5. The van der Waals surface area contributed by atoms with Gasteiger partial charge in [0.2, 0.25) is 0 Å². The summed E-state index contributed by atoms with van der Waals surface area (Å²) in [6.07, 6.45) is 0. The molecule has 2 nitrogen and oxygen atoms in total. The van der Waals surface area contributed by atoms with E-state index in [0.29, 0.717) is 10.8 Å². The smallest absolute Gasteiger partial charge is 0.147 e. The van der Waals surface area contributed by atoms with E-state index in [1.165, 1.54) is 12.1 Å². The van der Waals surface area contributed by atoms with Gasteiger partial charge in [-0.1, -0.05) is 33.6 Å². The third-order valence-electron chi connectivity index (χ3n) is 2.35. The first-order valence-electron chi connectivity index (χ1n) is 5.13. The summed E-state index contributed by atoms with van der Waals surface area (Å²) in [5.74, 6) is 0.130. The fourth-order valence-corrected chi connectivity index (χ4v) is 1.96. The average Bonchev–Trinajstić information content (AvgIpc) is 2.34. The van der Waals surface area contributed by atoms with Gasteiger partial charge in [0.05, 0.1) is 17.2 Å². The van der Waals surface area contributed by atoms with Gasteiger partial charge in [-0.25, -0.2) is 4.39 Å². The van der Waals surface area contributed by atoms with Gasteiger partial charge in [-0.15, -0.1) is 0 Å². The Hall–Kier alpha value is -1.10. The molecular formula is C13H9BrClFO2. The highest BCUT2D eigenvalue weighted by atomic mass is 79.9. The summed E-state index contributed by atoms with van der Waals surface area (Å²) in [6.45, 7) is -0.437. The Labute approximate surface area is 117 Å². The molecule has 0 aromatic heterocycles. The Morgan fingerprint density at radius 2 is 2.00 bits per heavy atom. The lowest BCUT2D eigenvalue weighted by molar-refractivity contribution is 0.270. The number of benzene rings is 2. The summed E-state index contributed by atoms with van der Waals surface area (Å²) in [5.41, 5.74) is 0.105. The maximum atomic E-state index is 13.5. The van der Waals surface area contributed by atoms with Crippen LogP contribution >= 0.6 is 27.5 Å². The molecule has 0 atom stereocenters. The molecule has 0 saturated carbocycles. The van der Waals surface area contributed by atoms with Gasteiger partial charge in [0.25, 0.3) is 0 Å². The van der Waals surface area contributed by atoms with Gasteiger partial charge in [0.1, 0.15) is 17.3 Å². The van der Waals surface area contributed by atoms with Crippen molar-refractivity contribution >= 4 is 27.5 Å². The molecule has 1 N–H and O–H groups in total. The minimum absolute atomic E-state index is 0.105. The Morgan fingerprint density at radius 1 is 1.22 bits per heavy atom. The van der Waals surface area contributed by atoms with E-state index in [2.05, 4.69) is 15.9 Å². The summed E-state index contributed by atoms with van der Waals surface area (Å²) >= 11 is 9.28. The Balaban J connectivity index is 2.40. The van der Waals surface area contributed by atoms with Crippen LogP contribution in [0.1, 0.15) is 5.56 Å². The summed E-state index contributed by atoms with van der Waals surface area (Å²) in [4.78, 5) is 0. The van der Waals surface area contributed by atoms with Crippen LogP contribution in [0.15, 0.2) is 40.9 Å². The summed E-state index contributed by atoms with van der Waals surface area (Å²) < 4.78 is 19.8. The van der Waals surface area contributed by atoms with E-state index in [1.54, 1.807) is 24.3 Å². The number of hydrogen-bond acceptors (Lipinski definition) is 2. The second kappa shape index (κ2) is 5.69. The van der Waals surface area contributed by atoms with Crippen LogP contribution in [0.5, 0.6) is 11.5 Å². The van der Waals surface area contributed by atoms with Crippen molar-refractivity contribution in [3.05, 3.63) is 57.3 Å². The van der Waals surface area contributed by atoms with Crippen molar-refractivity contribution in [1.29, 1.82) is 0 Å². The zero-order valence-electron chi connectivity index (χ0n) is 9.16. The molecule has 2 aromatic carbocycles. The van der Waals surface area contributed by atoms with Gasteiger partial charge in [-0.3, -0.25) is 0 Å². The number of halogens is 3. The van der Waals surface area contributed by atoms with E-state index < -0.39 is 12.4 Å². The monoisotopic (exact) mass is 330 g/mol. The highest BCUT2D eigenvalue weighted by Gasteiger charge is 2.11. The third kappa shape index (κ3) is 2.83. The summed E-state index contributed by atoms with van der Waals surface area (Å²) in [5, 5.41) is 9.55. The predicted octanol–water partition coefficient (Wildman–Crippen LogP) is 4.53. The largest absolute Gasteiger partial charge is 0.455 e. The molecular weight excluding hydrogens is 322 g/mol. The summed E-state index contributed by atoms with van der Waals surface area (Å²) in [6, 6.07) is 9.46. The average molecular weight is 332 g/mol.